The molecule has 24 heavy (non-hydrogen) atoms. The van der Waals surface area contributed by atoms with Crippen LogP contribution in [0.5, 0.6) is 0 Å². The van der Waals surface area contributed by atoms with E-state index in [1.165, 1.54) is 0 Å². The highest BCUT2D eigenvalue weighted by molar-refractivity contribution is 6.05. The number of hydrogen-bond donors (Lipinski definition) is 2. The highest BCUT2D eigenvalue weighted by Crippen LogP contribution is 2.20. The van der Waals surface area contributed by atoms with E-state index in [2.05, 4.69) is 10.6 Å². The van der Waals surface area contributed by atoms with Crippen LogP contribution in [0.25, 0.3) is 0 Å². The van der Waals surface area contributed by atoms with Crippen molar-refractivity contribution in [2.75, 3.05) is 10.6 Å². The number of para-hydroxylation sites is 1. The van der Waals surface area contributed by atoms with Crippen molar-refractivity contribution in [3.63, 3.8) is 0 Å². The van der Waals surface area contributed by atoms with Crippen molar-refractivity contribution in [3.05, 3.63) is 89.5 Å². The van der Waals surface area contributed by atoms with Gasteiger partial charge in [0.2, 0.25) is 0 Å². The van der Waals surface area contributed by atoms with Gasteiger partial charge in [0.25, 0.3) is 5.91 Å². The molecule has 3 rings (SSSR count). The third-order valence-corrected chi connectivity index (χ3v) is 4.05. The number of carbonyl (C=O) groups excluding carboxylic acids is 1. The summed E-state index contributed by atoms with van der Waals surface area (Å²) in [5.41, 5.74) is 5.62. The van der Waals surface area contributed by atoms with E-state index in [4.69, 9.17) is 0 Å². The van der Waals surface area contributed by atoms with E-state index in [0.717, 1.165) is 28.2 Å². The van der Waals surface area contributed by atoms with Crippen molar-refractivity contribution in [3.8, 4) is 0 Å². The van der Waals surface area contributed by atoms with Gasteiger partial charge in [0, 0.05) is 22.6 Å². The van der Waals surface area contributed by atoms with Gasteiger partial charge in [-0.25, -0.2) is 0 Å². The van der Waals surface area contributed by atoms with Crippen LogP contribution in [-0.4, -0.2) is 5.91 Å². The minimum Gasteiger partial charge on any atom is -0.356 e. The molecule has 3 aromatic rings. The molecule has 0 fully saturated rings. The zero-order valence-corrected chi connectivity index (χ0v) is 13.8. The van der Waals surface area contributed by atoms with E-state index in [1.54, 1.807) is 0 Å². The number of carbonyl (C=O) groups is 1. The number of amides is 1. The molecule has 120 valence electrons. The first-order valence-electron chi connectivity index (χ1n) is 7.93. The number of aryl methyl sites for hydroxylation is 1. The summed E-state index contributed by atoms with van der Waals surface area (Å²) < 4.78 is 0. The van der Waals surface area contributed by atoms with E-state index < -0.39 is 0 Å². The van der Waals surface area contributed by atoms with Gasteiger partial charge in [-0.1, -0.05) is 30.3 Å². The van der Waals surface area contributed by atoms with Crippen molar-refractivity contribution in [2.45, 2.75) is 13.8 Å². The zero-order chi connectivity index (χ0) is 16.9. The van der Waals surface area contributed by atoms with Crippen molar-refractivity contribution in [2.24, 2.45) is 0 Å². The Hall–Kier alpha value is -3.07. The van der Waals surface area contributed by atoms with Crippen LogP contribution in [0.15, 0.2) is 72.8 Å². The monoisotopic (exact) mass is 316 g/mol. The van der Waals surface area contributed by atoms with Gasteiger partial charge in [0.15, 0.2) is 0 Å². The third-order valence-electron chi connectivity index (χ3n) is 4.05. The SMILES string of the molecule is Cc1cccc(C(=O)Nc2ccc(Nc3ccccc3)cc2)c1C. The molecule has 0 heterocycles. The van der Waals surface area contributed by atoms with E-state index in [0.29, 0.717) is 5.56 Å². The van der Waals surface area contributed by atoms with Crippen LogP contribution in [0.2, 0.25) is 0 Å². The average molecular weight is 316 g/mol. The number of benzene rings is 3. The van der Waals surface area contributed by atoms with E-state index in [-0.39, 0.29) is 5.91 Å². The fraction of sp³-hybridized carbons (Fsp3) is 0.0952. The Morgan fingerprint density at radius 3 is 2.04 bits per heavy atom. The Morgan fingerprint density at radius 1 is 0.708 bits per heavy atom. The fourth-order valence-electron chi connectivity index (χ4n) is 2.52. The molecule has 2 N–H and O–H groups in total. The van der Waals surface area contributed by atoms with Crippen LogP contribution in [0.3, 0.4) is 0 Å². The van der Waals surface area contributed by atoms with Gasteiger partial charge >= 0.3 is 0 Å². The van der Waals surface area contributed by atoms with E-state index >= 15 is 0 Å². The topological polar surface area (TPSA) is 41.1 Å². The molecule has 0 saturated carbocycles. The molecule has 0 bridgehead atoms. The van der Waals surface area contributed by atoms with Crippen molar-refractivity contribution in [1.82, 2.24) is 0 Å². The van der Waals surface area contributed by atoms with Crippen molar-refractivity contribution in [1.29, 1.82) is 0 Å². The molecule has 0 aliphatic heterocycles. The molecule has 0 atom stereocenters. The lowest BCUT2D eigenvalue weighted by Gasteiger charge is -2.11. The molecule has 0 aromatic heterocycles. The summed E-state index contributed by atoms with van der Waals surface area (Å²) in [7, 11) is 0. The van der Waals surface area contributed by atoms with Gasteiger partial charge < -0.3 is 10.6 Å². The normalized spacial score (nSPS) is 10.2. The summed E-state index contributed by atoms with van der Waals surface area (Å²) in [6, 6.07) is 23.4. The highest BCUT2D eigenvalue weighted by atomic mass is 16.1. The molecule has 0 saturated heterocycles. The molecule has 3 heteroatoms. The van der Waals surface area contributed by atoms with Gasteiger partial charge in [-0.2, -0.15) is 0 Å². The molecular weight excluding hydrogens is 296 g/mol. The quantitative estimate of drug-likeness (QED) is 0.686. The van der Waals surface area contributed by atoms with Gasteiger partial charge in [-0.3, -0.25) is 4.79 Å². The van der Waals surface area contributed by atoms with E-state index in [9.17, 15) is 4.79 Å². The van der Waals surface area contributed by atoms with Crippen LogP contribution < -0.4 is 10.6 Å². The van der Waals surface area contributed by atoms with Crippen LogP contribution >= 0.6 is 0 Å². The smallest absolute Gasteiger partial charge is 0.255 e. The van der Waals surface area contributed by atoms with Crippen molar-refractivity contribution < 1.29 is 4.79 Å². The van der Waals surface area contributed by atoms with E-state index in [1.807, 2.05) is 86.6 Å². The standard InChI is InChI=1S/C21H20N2O/c1-15-7-6-10-20(16(15)2)21(24)23-19-13-11-18(12-14-19)22-17-8-4-3-5-9-17/h3-14,22H,1-2H3,(H,23,24). The molecule has 0 aliphatic rings. The summed E-state index contributed by atoms with van der Waals surface area (Å²) in [5.74, 6) is -0.0834. The Bertz CT molecular complexity index is 839. The van der Waals surface area contributed by atoms with Gasteiger partial charge in [-0.15, -0.1) is 0 Å². The second kappa shape index (κ2) is 7.01. The second-order valence-electron chi connectivity index (χ2n) is 5.77. The summed E-state index contributed by atoms with van der Waals surface area (Å²) in [6.45, 7) is 3.98. The van der Waals surface area contributed by atoms with Crippen LogP contribution in [0.1, 0.15) is 21.5 Å². The number of nitrogens with one attached hydrogen (secondary N) is 2. The first-order chi connectivity index (χ1) is 11.6. The molecule has 0 unspecified atom stereocenters. The molecule has 1 amide bonds. The van der Waals surface area contributed by atoms with Crippen molar-refractivity contribution >= 4 is 23.0 Å². The summed E-state index contributed by atoms with van der Waals surface area (Å²) in [5, 5.41) is 6.27. The summed E-state index contributed by atoms with van der Waals surface area (Å²) in [4.78, 5) is 12.4. The molecule has 3 nitrogen and oxygen atoms in total. The van der Waals surface area contributed by atoms with Crippen LogP contribution in [0, 0.1) is 13.8 Å². The first kappa shape index (κ1) is 15.8. The molecule has 3 aromatic carbocycles. The zero-order valence-electron chi connectivity index (χ0n) is 13.8. The number of anilines is 3. The molecular formula is C21H20N2O. The maximum absolute atomic E-state index is 12.4. The predicted molar refractivity (Wildman–Crippen MR) is 100 cm³/mol. The molecule has 0 spiro atoms. The Morgan fingerprint density at radius 2 is 1.33 bits per heavy atom. The van der Waals surface area contributed by atoms with Gasteiger partial charge in [0.05, 0.1) is 0 Å². The Labute approximate surface area is 142 Å². The number of rotatable bonds is 4. The lowest BCUT2D eigenvalue weighted by Crippen LogP contribution is -2.13. The predicted octanol–water partition coefficient (Wildman–Crippen LogP) is 5.30. The highest BCUT2D eigenvalue weighted by Gasteiger charge is 2.10. The largest absolute Gasteiger partial charge is 0.356 e. The van der Waals surface area contributed by atoms with Gasteiger partial charge in [-0.05, 0) is 67.4 Å². The van der Waals surface area contributed by atoms with Crippen LogP contribution in [-0.2, 0) is 0 Å². The second-order valence-corrected chi connectivity index (χ2v) is 5.77. The van der Waals surface area contributed by atoms with Gasteiger partial charge in [0.1, 0.15) is 0 Å². The third kappa shape index (κ3) is 3.63. The lowest BCUT2D eigenvalue weighted by atomic mass is 10.0. The maximum Gasteiger partial charge on any atom is 0.255 e. The average Bonchev–Trinajstić information content (AvgIpc) is 2.60. The Kier molecular flexibility index (Phi) is 4.62. The van der Waals surface area contributed by atoms with Crippen LogP contribution in [0.4, 0.5) is 17.1 Å². The fourth-order valence-corrected chi connectivity index (χ4v) is 2.52. The molecule has 0 aliphatic carbocycles. The number of hydrogen-bond acceptors (Lipinski definition) is 2. The first-order valence-corrected chi connectivity index (χ1v) is 7.93. The summed E-state index contributed by atoms with van der Waals surface area (Å²) >= 11 is 0. The Balaban J connectivity index is 1.70. The minimum absolute atomic E-state index is 0.0834. The molecule has 0 radical (unpaired) electrons. The lowest BCUT2D eigenvalue weighted by molar-refractivity contribution is 0.102. The summed E-state index contributed by atoms with van der Waals surface area (Å²) in [6.07, 6.45) is 0. The maximum atomic E-state index is 12.4. The minimum atomic E-state index is -0.0834.